The van der Waals surface area contributed by atoms with Gasteiger partial charge < -0.3 is 19.3 Å². The zero-order valence-electron chi connectivity index (χ0n) is 20.1. The van der Waals surface area contributed by atoms with Crippen molar-refractivity contribution in [1.29, 1.82) is 0 Å². The standard InChI is InChI=1S/C28H25NO7/c1-4-36-28(33)19-5-11-20(12-6-19)29-24(17-7-13-21(34-2)14-8-17)23(26(31)27(29)32)25(30)18-9-15-22(35-3)16-10-18/h5-16,24,30H,4H2,1-3H3/b25-23+/t24-/m1/s1. The summed E-state index contributed by atoms with van der Waals surface area (Å²) in [6, 6.07) is 18.7. The van der Waals surface area contributed by atoms with Gasteiger partial charge >= 0.3 is 5.97 Å². The van der Waals surface area contributed by atoms with Crippen LogP contribution in [0.1, 0.15) is 34.5 Å². The number of amides is 1. The molecule has 8 heteroatoms. The third-order valence-electron chi connectivity index (χ3n) is 5.90. The molecule has 0 aromatic heterocycles. The first kappa shape index (κ1) is 24.5. The molecule has 1 saturated heterocycles. The van der Waals surface area contributed by atoms with Gasteiger partial charge in [-0.05, 0) is 73.2 Å². The molecule has 1 aliphatic rings. The van der Waals surface area contributed by atoms with Crippen LogP contribution in [-0.2, 0) is 14.3 Å². The van der Waals surface area contributed by atoms with Gasteiger partial charge in [0.25, 0.3) is 11.7 Å². The molecule has 0 bridgehead atoms. The molecule has 0 spiro atoms. The van der Waals surface area contributed by atoms with E-state index in [2.05, 4.69) is 0 Å². The van der Waals surface area contributed by atoms with E-state index in [1.807, 2.05) is 0 Å². The van der Waals surface area contributed by atoms with Crippen LogP contribution in [0.3, 0.4) is 0 Å². The van der Waals surface area contributed by atoms with Crippen molar-refractivity contribution in [3.8, 4) is 11.5 Å². The first-order valence-corrected chi connectivity index (χ1v) is 11.3. The van der Waals surface area contributed by atoms with E-state index in [1.165, 1.54) is 31.3 Å². The zero-order valence-corrected chi connectivity index (χ0v) is 20.1. The number of hydrogen-bond acceptors (Lipinski definition) is 7. The lowest BCUT2D eigenvalue weighted by atomic mass is 9.95. The van der Waals surface area contributed by atoms with E-state index in [0.717, 1.165) is 0 Å². The van der Waals surface area contributed by atoms with Gasteiger partial charge in [-0.3, -0.25) is 14.5 Å². The number of Topliss-reactive ketones (excluding diaryl/α,β-unsaturated/α-hetero) is 1. The summed E-state index contributed by atoms with van der Waals surface area (Å²) in [6.07, 6.45) is 0. The molecular weight excluding hydrogens is 462 g/mol. The normalized spacial score (nSPS) is 16.6. The topological polar surface area (TPSA) is 102 Å². The summed E-state index contributed by atoms with van der Waals surface area (Å²) >= 11 is 0. The fourth-order valence-electron chi connectivity index (χ4n) is 4.08. The second-order valence-corrected chi connectivity index (χ2v) is 7.94. The minimum atomic E-state index is -0.911. The summed E-state index contributed by atoms with van der Waals surface area (Å²) in [7, 11) is 3.06. The first-order chi connectivity index (χ1) is 17.4. The molecule has 3 aromatic rings. The van der Waals surface area contributed by atoms with Crippen LogP contribution in [0.5, 0.6) is 11.5 Å². The Morgan fingerprint density at radius 1 is 0.833 bits per heavy atom. The Morgan fingerprint density at radius 3 is 1.89 bits per heavy atom. The summed E-state index contributed by atoms with van der Waals surface area (Å²) in [5.74, 6) is -1.22. The third-order valence-corrected chi connectivity index (χ3v) is 5.90. The van der Waals surface area contributed by atoms with Crippen LogP contribution < -0.4 is 14.4 Å². The molecule has 4 rings (SSSR count). The van der Waals surface area contributed by atoms with E-state index in [-0.39, 0.29) is 17.9 Å². The number of rotatable bonds is 7. The number of nitrogens with zero attached hydrogens (tertiary/aromatic N) is 1. The average Bonchev–Trinajstić information content (AvgIpc) is 3.18. The van der Waals surface area contributed by atoms with Crippen molar-refractivity contribution >= 4 is 29.1 Å². The lowest BCUT2D eigenvalue weighted by molar-refractivity contribution is -0.132. The van der Waals surface area contributed by atoms with Crippen molar-refractivity contribution in [3.63, 3.8) is 0 Å². The molecule has 184 valence electrons. The van der Waals surface area contributed by atoms with Crippen molar-refractivity contribution in [2.75, 3.05) is 25.7 Å². The van der Waals surface area contributed by atoms with Crippen LogP contribution in [0.2, 0.25) is 0 Å². The van der Waals surface area contributed by atoms with Crippen molar-refractivity contribution in [2.24, 2.45) is 0 Å². The second kappa shape index (κ2) is 10.4. The van der Waals surface area contributed by atoms with Gasteiger partial charge in [-0.15, -0.1) is 0 Å². The molecule has 0 saturated carbocycles. The molecule has 1 N–H and O–H groups in total. The Kier molecular flexibility index (Phi) is 7.05. The highest BCUT2D eigenvalue weighted by Gasteiger charge is 2.47. The summed E-state index contributed by atoms with van der Waals surface area (Å²) < 4.78 is 15.4. The van der Waals surface area contributed by atoms with Crippen molar-refractivity contribution < 1.29 is 33.7 Å². The second-order valence-electron chi connectivity index (χ2n) is 7.94. The number of esters is 1. The Labute approximate surface area is 208 Å². The van der Waals surface area contributed by atoms with E-state index < -0.39 is 23.7 Å². The van der Waals surface area contributed by atoms with Gasteiger partial charge in [0, 0.05) is 11.3 Å². The number of ketones is 1. The van der Waals surface area contributed by atoms with Gasteiger partial charge in [0.1, 0.15) is 17.3 Å². The molecule has 0 aliphatic carbocycles. The molecule has 1 aliphatic heterocycles. The van der Waals surface area contributed by atoms with Crippen LogP contribution in [0, 0.1) is 0 Å². The molecule has 0 radical (unpaired) electrons. The fourth-order valence-corrected chi connectivity index (χ4v) is 4.08. The van der Waals surface area contributed by atoms with E-state index in [1.54, 1.807) is 67.6 Å². The summed E-state index contributed by atoms with van der Waals surface area (Å²) in [6.45, 7) is 1.95. The number of hydrogen-bond donors (Lipinski definition) is 1. The largest absolute Gasteiger partial charge is 0.507 e. The number of carbonyl (C=O) groups excluding carboxylic acids is 3. The lowest BCUT2D eigenvalue weighted by Crippen LogP contribution is -2.29. The van der Waals surface area contributed by atoms with Gasteiger partial charge in [-0.25, -0.2) is 4.79 Å². The Morgan fingerprint density at radius 2 is 1.36 bits per heavy atom. The first-order valence-electron chi connectivity index (χ1n) is 11.3. The van der Waals surface area contributed by atoms with Gasteiger partial charge in [0.05, 0.1) is 38.0 Å². The summed E-state index contributed by atoms with van der Waals surface area (Å²) in [5.41, 5.74) is 1.62. The highest BCUT2D eigenvalue weighted by atomic mass is 16.5. The maximum Gasteiger partial charge on any atom is 0.338 e. The van der Waals surface area contributed by atoms with Gasteiger partial charge in [-0.2, -0.15) is 0 Å². The molecule has 1 amide bonds. The van der Waals surface area contributed by atoms with Crippen molar-refractivity contribution in [3.05, 3.63) is 95.1 Å². The number of aliphatic hydroxyl groups is 1. The van der Waals surface area contributed by atoms with Crippen LogP contribution in [0.15, 0.2) is 78.4 Å². The van der Waals surface area contributed by atoms with Crippen LogP contribution in [0.25, 0.3) is 5.76 Å². The molecule has 3 aromatic carbocycles. The summed E-state index contributed by atoms with van der Waals surface area (Å²) in [4.78, 5) is 39.9. The molecular formula is C28H25NO7. The quantitative estimate of drug-likeness (QED) is 0.226. The van der Waals surface area contributed by atoms with Crippen molar-refractivity contribution in [1.82, 2.24) is 0 Å². The number of carbonyl (C=O) groups is 3. The molecule has 0 unspecified atom stereocenters. The Hall–Kier alpha value is -4.59. The SMILES string of the molecule is CCOC(=O)c1ccc(N2C(=O)C(=O)/C(=C(/O)c3ccc(OC)cc3)[C@H]2c2ccc(OC)cc2)cc1. The van der Waals surface area contributed by atoms with Gasteiger partial charge in [0.2, 0.25) is 0 Å². The average molecular weight is 488 g/mol. The minimum Gasteiger partial charge on any atom is -0.507 e. The fraction of sp³-hybridized carbons (Fsp3) is 0.179. The van der Waals surface area contributed by atoms with E-state index in [0.29, 0.717) is 33.9 Å². The minimum absolute atomic E-state index is 0.0511. The lowest BCUT2D eigenvalue weighted by Gasteiger charge is -2.25. The number of benzene rings is 3. The zero-order chi connectivity index (χ0) is 25.8. The molecule has 1 fully saturated rings. The third kappa shape index (κ3) is 4.53. The molecule has 1 heterocycles. The van der Waals surface area contributed by atoms with Gasteiger partial charge in [-0.1, -0.05) is 12.1 Å². The van der Waals surface area contributed by atoms with E-state index >= 15 is 0 Å². The monoisotopic (exact) mass is 487 g/mol. The van der Waals surface area contributed by atoms with E-state index in [9.17, 15) is 19.5 Å². The smallest absolute Gasteiger partial charge is 0.338 e. The number of aliphatic hydroxyl groups excluding tert-OH is 1. The van der Waals surface area contributed by atoms with Crippen molar-refractivity contribution in [2.45, 2.75) is 13.0 Å². The molecule has 8 nitrogen and oxygen atoms in total. The van der Waals surface area contributed by atoms with Crippen LogP contribution in [-0.4, -0.2) is 43.6 Å². The predicted molar refractivity (Wildman–Crippen MR) is 133 cm³/mol. The molecule has 1 atom stereocenters. The van der Waals surface area contributed by atoms with E-state index in [4.69, 9.17) is 14.2 Å². The number of anilines is 1. The highest BCUT2D eigenvalue weighted by molar-refractivity contribution is 6.51. The maximum absolute atomic E-state index is 13.3. The predicted octanol–water partition coefficient (Wildman–Crippen LogP) is 4.51. The summed E-state index contributed by atoms with van der Waals surface area (Å²) in [5, 5.41) is 11.2. The Balaban J connectivity index is 1.84. The van der Waals surface area contributed by atoms with Gasteiger partial charge in [0.15, 0.2) is 0 Å². The molecule has 36 heavy (non-hydrogen) atoms. The number of methoxy groups -OCH3 is 2. The Bertz CT molecular complexity index is 1310. The maximum atomic E-state index is 13.3. The van der Waals surface area contributed by atoms with Crippen LogP contribution in [0.4, 0.5) is 5.69 Å². The van der Waals surface area contributed by atoms with Crippen LogP contribution >= 0.6 is 0 Å². The highest BCUT2D eigenvalue weighted by Crippen LogP contribution is 2.42. The number of ether oxygens (including phenoxy) is 3.